The van der Waals surface area contributed by atoms with Crippen LogP contribution in [-0.2, 0) is 0 Å². The molecule has 1 fully saturated rings. The van der Waals surface area contributed by atoms with Gasteiger partial charge in [0.15, 0.2) is 0 Å². The van der Waals surface area contributed by atoms with Gasteiger partial charge in [-0.25, -0.2) is 0 Å². The van der Waals surface area contributed by atoms with E-state index in [1.54, 1.807) is 5.57 Å². The van der Waals surface area contributed by atoms with Crippen LogP contribution in [0.5, 0.6) is 0 Å². The Hall–Kier alpha value is -0.260. The molecule has 0 unspecified atom stereocenters. The molecule has 2 rings (SSSR count). The molecule has 0 bridgehead atoms. The van der Waals surface area contributed by atoms with E-state index in [0.29, 0.717) is 0 Å². The van der Waals surface area contributed by atoms with Gasteiger partial charge >= 0.3 is 0 Å². The van der Waals surface area contributed by atoms with Gasteiger partial charge in [-0.15, -0.1) is 0 Å². The maximum Gasteiger partial charge on any atom is -0.0169 e. The van der Waals surface area contributed by atoms with Crippen LogP contribution >= 0.6 is 0 Å². The number of hydrogen-bond acceptors (Lipinski definition) is 0. The highest BCUT2D eigenvalue weighted by molar-refractivity contribution is 5.11. The van der Waals surface area contributed by atoms with E-state index in [2.05, 4.69) is 33.3 Å². The van der Waals surface area contributed by atoms with Crippen LogP contribution in [0.1, 0.15) is 46.5 Å². The van der Waals surface area contributed by atoms with Gasteiger partial charge in [-0.2, -0.15) is 0 Å². The lowest BCUT2D eigenvalue weighted by Crippen LogP contribution is -2.34. The number of rotatable bonds is 1. The smallest absolute Gasteiger partial charge is 0.0169 e. The topological polar surface area (TPSA) is 0 Å². The van der Waals surface area contributed by atoms with Crippen molar-refractivity contribution in [1.29, 1.82) is 0 Å². The van der Waals surface area contributed by atoms with Crippen LogP contribution in [0.2, 0.25) is 0 Å². The van der Waals surface area contributed by atoms with Crippen LogP contribution in [0.3, 0.4) is 0 Å². The Balaban J connectivity index is 2.17. The van der Waals surface area contributed by atoms with Crippen molar-refractivity contribution in [3.63, 3.8) is 0 Å². The molecule has 0 heteroatoms. The molecule has 0 saturated heterocycles. The van der Waals surface area contributed by atoms with Crippen LogP contribution in [0.4, 0.5) is 0 Å². The fourth-order valence-electron chi connectivity index (χ4n) is 3.48. The second-order valence-corrected chi connectivity index (χ2v) is 5.34. The summed E-state index contributed by atoms with van der Waals surface area (Å²) in [6.45, 7) is 7.01. The Bertz CT molecular complexity index is 226. The minimum atomic E-state index is 0.867. The van der Waals surface area contributed by atoms with E-state index in [0.717, 1.165) is 23.7 Å². The van der Waals surface area contributed by atoms with Crippen molar-refractivity contribution < 1.29 is 0 Å². The van der Waals surface area contributed by atoms with Crippen LogP contribution < -0.4 is 0 Å². The van der Waals surface area contributed by atoms with Gasteiger partial charge in [0.05, 0.1) is 0 Å². The van der Waals surface area contributed by atoms with E-state index in [1.807, 2.05) is 0 Å². The molecule has 0 spiro atoms. The predicted octanol–water partition coefficient (Wildman–Crippen LogP) is 4.23. The molecule has 0 N–H and O–H groups in total. The third-order valence-electron chi connectivity index (χ3n) is 4.45. The zero-order valence-electron chi connectivity index (χ0n) is 9.79. The second-order valence-electron chi connectivity index (χ2n) is 5.34. The lowest BCUT2D eigenvalue weighted by Gasteiger charge is -2.43. The van der Waals surface area contributed by atoms with Gasteiger partial charge in [0.2, 0.25) is 0 Å². The quantitative estimate of drug-likeness (QED) is 0.544. The average molecular weight is 191 g/mol. The first-order valence-electron chi connectivity index (χ1n) is 6.19. The summed E-state index contributed by atoms with van der Waals surface area (Å²) in [6, 6.07) is 0. The van der Waals surface area contributed by atoms with Crippen molar-refractivity contribution in [3.05, 3.63) is 18.1 Å². The van der Waals surface area contributed by atoms with Gasteiger partial charge in [-0.05, 0) is 56.3 Å². The van der Waals surface area contributed by atoms with Gasteiger partial charge in [0.25, 0.3) is 0 Å². The monoisotopic (exact) mass is 191 g/mol. The fourth-order valence-corrected chi connectivity index (χ4v) is 3.48. The lowest BCUT2D eigenvalue weighted by atomic mass is 9.62. The van der Waals surface area contributed by atoms with Gasteiger partial charge in [-0.3, -0.25) is 0 Å². The van der Waals surface area contributed by atoms with Crippen molar-refractivity contribution in [2.24, 2.45) is 23.7 Å². The zero-order chi connectivity index (χ0) is 10.1. The highest BCUT2D eigenvalue weighted by Gasteiger charge is 2.36. The molecule has 1 radical (unpaired) electrons. The highest BCUT2D eigenvalue weighted by atomic mass is 14.4. The molecule has 4 atom stereocenters. The molecule has 0 aromatic rings. The van der Waals surface area contributed by atoms with Gasteiger partial charge in [0.1, 0.15) is 0 Å². The summed E-state index contributed by atoms with van der Waals surface area (Å²) in [5, 5.41) is 0. The summed E-state index contributed by atoms with van der Waals surface area (Å²) < 4.78 is 0. The standard InChI is InChI=1S/C14H23/c1-4-12-7-6-11(3)13-8-5-10(2)9-14(12)13/h4,9,11-14H,5-8H2,1-3H3/t11-,12-,13+,14-/m1/s1. The Kier molecular flexibility index (Phi) is 2.99. The highest BCUT2D eigenvalue weighted by Crippen LogP contribution is 2.46. The average Bonchev–Trinajstić information content (AvgIpc) is 2.18. The zero-order valence-corrected chi connectivity index (χ0v) is 9.79. The van der Waals surface area contributed by atoms with E-state index in [9.17, 15) is 0 Å². The molecular formula is C14H23. The Morgan fingerprint density at radius 2 is 2.07 bits per heavy atom. The van der Waals surface area contributed by atoms with E-state index < -0.39 is 0 Å². The van der Waals surface area contributed by atoms with Crippen LogP contribution in [0.25, 0.3) is 0 Å². The van der Waals surface area contributed by atoms with Crippen molar-refractivity contribution in [2.75, 3.05) is 0 Å². The van der Waals surface area contributed by atoms with Gasteiger partial charge in [0, 0.05) is 0 Å². The molecule has 79 valence electrons. The van der Waals surface area contributed by atoms with Crippen molar-refractivity contribution in [1.82, 2.24) is 0 Å². The number of hydrogen-bond donors (Lipinski definition) is 0. The van der Waals surface area contributed by atoms with Gasteiger partial charge < -0.3 is 0 Å². The largest absolute Gasteiger partial charge is 0.0819 e. The number of allylic oxidation sites excluding steroid dienone is 2. The van der Waals surface area contributed by atoms with Gasteiger partial charge in [-0.1, -0.05) is 31.9 Å². The lowest BCUT2D eigenvalue weighted by molar-refractivity contribution is 0.133. The first-order chi connectivity index (χ1) is 6.72. The van der Waals surface area contributed by atoms with E-state index in [4.69, 9.17) is 0 Å². The van der Waals surface area contributed by atoms with Crippen LogP contribution in [-0.4, -0.2) is 0 Å². The Morgan fingerprint density at radius 3 is 2.79 bits per heavy atom. The molecule has 2 aliphatic carbocycles. The SMILES string of the molecule is C[CH][C@@H]1CC[C@@H](C)[C@@H]2CCC(C)=C[C@@H]21. The molecule has 0 aromatic heterocycles. The van der Waals surface area contributed by atoms with Crippen molar-refractivity contribution in [2.45, 2.75) is 46.5 Å². The summed E-state index contributed by atoms with van der Waals surface area (Å²) >= 11 is 0. The second kappa shape index (κ2) is 4.08. The third kappa shape index (κ3) is 1.76. The summed E-state index contributed by atoms with van der Waals surface area (Å²) in [7, 11) is 0. The molecular weight excluding hydrogens is 168 g/mol. The third-order valence-corrected chi connectivity index (χ3v) is 4.45. The maximum atomic E-state index is 2.58. The summed E-state index contributed by atoms with van der Waals surface area (Å²) in [4.78, 5) is 0. The molecule has 0 nitrogen and oxygen atoms in total. The van der Waals surface area contributed by atoms with Crippen LogP contribution in [0, 0.1) is 30.1 Å². The minimum absolute atomic E-state index is 0.867. The number of fused-ring (bicyclic) bond motifs is 1. The summed E-state index contributed by atoms with van der Waals surface area (Å²) in [5.74, 6) is 3.68. The molecule has 0 aliphatic heterocycles. The fraction of sp³-hybridized carbons (Fsp3) is 0.786. The molecule has 0 amide bonds. The first kappa shape index (κ1) is 10.3. The van der Waals surface area contributed by atoms with E-state index in [1.165, 1.54) is 25.7 Å². The molecule has 2 aliphatic rings. The molecule has 0 heterocycles. The van der Waals surface area contributed by atoms with E-state index in [-0.39, 0.29) is 0 Å². The van der Waals surface area contributed by atoms with Crippen molar-refractivity contribution >= 4 is 0 Å². The predicted molar refractivity (Wildman–Crippen MR) is 61.8 cm³/mol. The van der Waals surface area contributed by atoms with E-state index >= 15 is 0 Å². The van der Waals surface area contributed by atoms with Crippen molar-refractivity contribution in [3.8, 4) is 0 Å². The molecule has 14 heavy (non-hydrogen) atoms. The Labute approximate surface area is 88.8 Å². The first-order valence-corrected chi connectivity index (χ1v) is 6.19. The van der Waals surface area contributed by atoms with Crippen LogP contribution in [0.15, 0.2) is 11.6 Å². The molecule has 1 saturated carbocycles. The Morgan fingerprint density at radius 1 is 1.29 bits per heavy atom. The minimum Gasteiger partial charge on any atom is -0.0819 e. The normalized spacial score (nSPS) is 42.9. The molecule has 0 aromatic carbocycles. The summed E-state index contributed by atoms with van der Waals surface area (Å²) in [5.41, 5.74) is 1.63. The maximum absolute atomic E-state index is 2.58. The summed E-state index contributed by atoms with van der Waals surface area (Å²) in [6.07, 6.45) is 10.7.